The van der Waals surface area contributed by atoms with Gasteiger partial charge in [0.1, 0.15) is 5.69 Å². The van der Waals surface area contributed by atoms with Gasteiger partial charge in [-0.15, -0.1) is 0 Å². The molecule has 4 N–H and O–H groups in total. The SMILES string of the molecule is CC(C)=C[C@H](NC(=O)C(CC(=O)c1cccc(-c2ccccc2)n1)[C@@H](C)O)B(O)O. The topological polar surface area (TPSA) is 120 Å². The Hall–Kier alpha value is -2.81. The summed E-state index contributed by atoms with van der Waals surface area (Å²) in [6.45, 7) is 4.92. The number of aliphatic hydroxyl groups is 1. The molecule has 1 aromatic heterocycles. The third-order valence-corrected chi connectivity index (χ3v) is 4.57. The number of hydrogen-bond donors (Lipinski definition) is 4. The van der Waals surface area contributed by atoms with E-state index < -0.39 is 36.8 Å². The number of allylic oxidation sites excluding steroid dienone is 1. The number of ketones is 1. The molecule has 1 heterocycles. The Morgan fingerprint density at radius 1 is 1.10 bits per heavy atom. The molecule has 1 unspecified atom stereocenters. The van der Waals surface area contributed by atoms with Gasteiger partial charge in [0.25, 0.3) is 0 Å². The lowest BCUT2D eigenvalue weighted by Crippen LogP contribution is -2.49. The van der Waals surface area contributed by atoms with E-state index in [1.54, 1.807) is 32.0 Å². The molecule has 1 aromatic carbocycles. The van der Waals surface area contributed by atoms with Crippen LogP contribution in [0.2, 0.25) is 0 Å². The van der Waals surface area contributed by atoms with E-state index in [4.69, 9.17) is 0 Å². The number of pyridine rings is 1. The fourth-order valence-electron chi connectivity index (χ4n) is 2.98. The van der Waals surface area contributed by atoms with Crippen molar-refractivity contribution in [2.45, 2.75) is 39.2 Å². The van der Waals surface area contributed by atoms with E-state index in [9.17, 15) is 24.7 Å². The number of aliphatic hydroxyl groups excluding tert-OH is 1. The van der Waals surface area contributed by atoms with Gasteiger partial charge in [0.05, 0.1) is 23.7 Å². The van der Waals surface area contributed by atoms with E-state index in [1.165, 1.54) is 13.0 Å². The van der Waals surface area contributed by atoms with Crippen molar-refractivity contribution < 1.29 is 24.7 Å². The van der Waals surface area contributed by atoms with Crippen molar-refractivity contribution in [1.29, 1.82) is 0 Å². The summed E-state index contributed by atoms with van der Waals surface area (Å²) in [4.78, 5) is 29.8. The number of Topliss-reactive ketones (excluding diaryl/α,β-unsaturated/α-hetero) is 1. The Kier molecular flexibility index (Phi) is 8.47. The molecule has 0 saturated carbocycles. The van der Waals surface area contributed by atoms with Crippen LogP contribution in [-0.4, -0.2) is 51.0 Å². The molecule has 0 fully saturated rings. The van der Waals surface area contributed by atoms with Gasteiger partial charge in [-0.3, -0.25) is 9.59 Å². The average Bonchev–Trinajstić information content (AvgIpc) is 2.71. The Balaban J connectivity index is 2.17. The maximum atomic E-state index is 12.8. The van der Waals surface area contributed by atoms with Crippen molar-refractivity contribution >= 4 is 18.8 Å². The minimum absolute atomic E-state index is 0.192. The van der Waals surface area contributed by atoms with E-state index in [0.29, 0.717) is 5.69 Å². The summed E-state index contributed by atoms with van der Waals surface area (Å²) in [6.07, 6.45) is 0.112. The standard InChI is InChI=1S/C22H27BN2O5/c1-14(2)12-21(23(29)30)25-22(28)17(15(3)26)13-20(27)19-11-7-10-18(24-19)16-8-5-4-6-9-16/h4-12,15,17,21,26,29-30H,13H2,1-3H3,(H,25,28)/t15-,17?,21+/m1/s1. The quantitative estimate of drug-likeness (QED) is 0.284. The number of benzene rings is 1. The van der Waals surface area contributed by atoms with E-state index in [1.807, 2.05) is 30.3 Å². The maximum absolute atomic E-state index is 12.8. The molecule has 3 atom stereocenters. The van der Waals surface area contributed by atoms with Crippen LogP contribution in [0.5, 0.6) is 0 Å². The predicted octanol–water partition coefficient (Wildman–Crippen LogP) is 1.78. The van der Waals surface area contributed by atoms with E-state index >= 15 is 0 Å². The third kappa shape index (κ3) is 6.62. The predicted molar refractivity (Wildman–Crippen MR) is 115 cm³/mol. The Morgan fingerprint density at radius 2 is 1.77 bits per heavy atom. The summed E-state index contributed by atoms with van der Waals surface area (Å²) in [5.74, 6) is -3.14. The van der Waals surface area contributed by atoms with Crippen LogP contribution in [0.1, 0.15) is 37.7 Å². The van der Waals surface area contributed by atoms with E-state index in [-0.39, 0.29) is 12.1 Å². The maximum Gasteiger partial charge on any atom is 0.479 e. The van der Waals surface area contributed by atoms with Gasteiger partial charge in [-0.25, -0.2) is 4.98 Å². The fourth-order valence-corrected chi connectivity index (χ4v) is 2.98. The molecule has 2 aromatic rings. The van der Waals surface area contributed by atoms with Gasteiger partial charge in [0, 0.05) is 12.0 Å². The van der Waals surface area contributed by atoms with Crippen molar-refractivity contribution in [2.24, 2.45) is 5.92 Å². The number of aromatic nitrogens is 1. The van der Waals surface area contributed by atoms with Crippen molar-refractivity contribution in [1.82, 2.24) is 10.3 Å². The third-order valence-electron chi connectivity index (χ3n) is 4.57. The number of carbonyl (C=O) groups excluding carboxylic acids is 2. The summed E-state index contributed by atoms with van der Waals surface area (Å²) in [5, 5.41) is 31.5. The first kappa shape index (κ1) is 23.5. The highest BCUT2D eigenvalue weighted by Crippen LogP contribution is 2.19. The second-order valence-electron chi connectivity index (χ2n) is 7.44. The number of rotatable bonds is 9. The molecule has 0 bridgehead atoms. The van der Waals surface area contributed by atoms with Crippen LogP contribution < -0.4 is 5.32 Å². The van der Waals surface area contributed by atoms with Crippen LogP contribution in [0.15, 0.2) is 60.2 Å². The zero-order valence-corrected chi connectivity index (χ0v) is 17.3. The number of nitrogens with one attached hydrogen (secondary N) is 1. The van der Waals surface area contributed by atoms with Gasteiger partial charge in [0.2, 0.25) is 5.91 Å². The number of amides is 1. The minimum atomic E-state index is -1.81. The second kappa shape index (κ2) is 10.8. The smallest absolute Gasteiger partial charge is 0.426 e. The Labute approximate surface area is 176 Å². The number of hydrogen-bond acceptors (Lipinski definition) is 6. The van der Waals surface area contributed by atoms with Crippen LogP contribution >= 0.6 is 0 Å². The normalized spacial score (nSPS) is 13.7. The molecule has 158 valence electrons. The summed E-state index contributed by atoms with van der Waals surface area (Å²) in [5.41, 5.74) is 2.46. The summed E-state index contributed by atoms with van der Waals surface area (Å²) >= 11 is 0. The lowest BCUT2D eigenvalue weighted by molar-refractivity contribution is -0.128. The molecule has 8 heteroatoms. The van der Waals surface area contributed by atoms with Gasteiger partial charge in [-0.1, -0.05) is 48.0 Å². The molecule has 0 spiro atoms. The van der Waals surface area contributed by atoms with Crippen molar-refractivity contribution in [3.8, 4) is 11.3 Å². The van der Waals surface area contributed by atoms with Crippen LogP contribution in [-0.2, 0) is 4.79 Å². The molecule has 0 aliphatic carbocycles. The zero-order chi connectivity index (χ0) is 22.3. The summed E-state index contributed by atoms with van der Waals surface area (Å²) in [6, 6.07) is 14.5. The van der Waals surface area contributed by atoms with Crippen LogP contribution in [0.3, 0.4) is 0 Å². The Morgan fingerprint density at radius 3 is 2.33 bits per heavy atom. The molecule has 0 radical (unpaired) electrons. The molecular weight excluding hydrogens is 383 g/mol. The largest absolute Gasteiger partial charge is 0.479 e. The second-order valence-corrected chi connectivity index (χ2v) is 7.44. The number of carbonyl (C=O) groups is 2. The fraction of sp³-hybridized carbons (Fsp3) is 0.318. The lowest BCUT2D eigenvalue weighted by atomic mass is 9.78. The molecule has 0 aliphatic heterocycles. The summed E-state index contributed by atoms with van der Waals surface area (Å²) in [7, 11) is -1.81. The van der Waals surface area contributed by atoms with Gasteiger partial charge < -0.3 is 20.5 Å². The molecular formula is C22H27BN2O5. The van der Waals surface area contributed by atoms with Crippen LogP contribution in [0.25, 0.3) is 11.3 Å². The van der Waals surface area contributed by atoms with Crippen molar-refractivity contribution in [3.05, 3.63) is 65.9 Å². The molecule has 0 aliphatic rings. The lowest BCUT2D eigenvalue weighted by Gasteiger charge is -2.22. The van der Waals surface area contributed by atoms with Gasteiger partial charge in [0.15, 0.2) is 5.78 Å². The zero-order valence-electron chi connectivity index (χ0n) is 17.3. The summed E-state index contributed by atoms with van der Waals surface area (Å²) < 4.78 is 0. The van der Waals surface area contributed by atoms with Crippen LogP contribution in [0.4, 0.5) is 0 Å². The van der Waals surface area contributed by atoms with Crippen LogP contribution in [0, 0.1) is 5.92 Å². The van der Waals surface area contributed by atoms with Crippen molar-refractivity contribution in [2.75, 3.05) is 0 Å². The van der Waals surface area contributed by atoms with E-state index in [2.05, 4.69) is 10.3 Å². The van der Waals surface area contributed by atoms with E-state index in [0.717, 1.165) is 11.1 Å². The first-order valence-electron chi connectivity index (χ1n) is 9.74. The minimum Gasteiger partial charge on any atom is -0.426 e. The van der Waals surface area contributed by atoms with Crippen molar-refractivity contribution in [3.63, 3.8) is 0 Å². The Bertz CT molecular complexity index is 895. The highest BCUT2D eigenvalue weighted by molar-refractivity contribution is 6.44. The first-order valence-corrected chi connectivity index (χ1v) is 9.74. The number of nitrogens with zero attached hydrogens (tertiary/aromatic N) is 1. The van der Waals surface area contributed by atoms with Gasteiger partial charge >= 0.3 is 7.12 Å². The average molecular weight is 410 g/mol. The molecule has 0 saturated heterocycles. The molecule has 2 rings (SSSR count). The molecule has 1 amide bonds. The van der Waals surface area contributed by atoms with Gasteiger partial charge in [-0.05, 0) is 32.9 Å². The molecule has 30 heavy (non-hydrogen) atoms. The first-order chi connectivity index (χ1) is 14.2. The monoisotopic (exact) mass is 410 g/mol. The highest BCUT2D eigenvalue weighted by Gasteiger charge is 2.31. The molecule has 7 nitrogen and oxygen atoms in total. The van der Waals surface area contributed by atoms with Gasteiger partial charge in [-0.2, -0.15) is 0 Å². The highest BCUT2D eigenvalue weighted by atomic mass is 16.4.